The largest absolute Gasteiger partial charge is 0.497 e. The lowest BCUT2D eigenvalue weighted by Crippen LogP contribution is -2.36. The third-order valence-corrected chi connectivity index (χ3v) is 6.99. The molecule has 0 spiro atoms. The average Bonchev–Trinajstić information content (AvgIpc) is 3.16. The summed E-state index contributed by atoms with van der Waals surface area (Å²) in [5, 5.41) is 2.92. The van der Waals surface area contributed by atoms with Crippen LogP contribution in [0.4, 0.5) is 10.5 Å². The second kappa shape index (κ2) is 12.3. The zero-order chi connectivity index (χ0) is 27.2. The van der Waals surface area contributed by atoms with Crippen LogP contribution in [-0.2, 0) is 16.2 Å². The van der Waals surface area contributed by atoms with E-state index in [1.54, 1.807) is 42.5 Å². The van der Waals surface area contributed by atoms with Gasteiger partial charge in [-0.3, -0.25) is 19.3 Å². The molecule has 3 amide bonds. The molecular formula is C27H22Cl2N2O6S. The number of halogens is 2. The Balaban J connectivity index is 1.46. The van der Waals surface area contributed by atoms with Crippen molar-refractivity contribution in [3.05, 3.63) is 86.7 Å². The molecule has 3 aromatic rings. The molecule has 1 aliphatic rings. The highest BCUT2D eigenvalue weighted by molar-refractivity contribution is 8.18. The zero-order valence-electron chi connectivity index (χ0n) is 20.3. The number of carbonyl (C=O) groups excluding carboxylic acids is 3. The van der Waals surface area contributed by atoms with Crippen molar-refractivity contribution in [3.63, 3.8) is 0 Å². The summed E-state index contributed by atoms with van der Waals surface area (Å²) in [6.45, 7) is -0.250. The van der Waals surface area contributed by atoms with Gasteiger partial charge in [0, 0.05) is 16.3 Å². The molecule has 0 radical (unpaired) electrons. The van der Waals surface area contributed by atoms with Crippen molar-refractivity contribution in [2.45, 2.75) is 6.61 Å². The van der Waals surface area contributed by atoms with Crippen LogP contribution in [0.2, 0.25) is 10.0 Å². The summed E-state index contributed by atoms with van der Waals surface area (Å²) in [4.78, 5) is 38.9. The minimum absolute atomic E-state index is 0.148. The Hall–Kier alpha value is -3.66. The normalized spacial score (nSPS) is 14.1. The Morgan fingerprint density at radius 2 is 1.74 bits per heavy atom. The summed E-state index contributed by atoms with van der Waals surface area (Å²) < 4.78 is 16.4. The van der Waals surface area contributed by atoms with Gasteiger partial charge in [0.15, 0.2) is 11.5 Å². The zero-order valence-corrected chi connectivity index (χ0v) is 22.7. The first-order valence-corrected chi connectivity index (χ1v) is 12.8. The maximum absolute atomic E-state index is 12.9. The van der Waals surface area contributed by atoms with Gasteiger partial charge in [0.2, 0.25) is 5.91 Å². The molecular weight excluding hydrogens is 551 g/mol. The van der Waals surface area contributed by atoms with Crippen LogP contribution in [0.3, 0.4) is 0 Å². The van der Waals surface area contributed by atoms with Crippen LogP contribution in [0.1, 0.15) is 11.1 Å². The van der Waals surface area contributed by atoms with E-state index in [1.165, 1.54) is 20.3 Å². The lowest BCUT2D eigenvalue weighted by Gasteiger charge is -2.14. The molecule has 1 heterocycles. The van der Waals surface area contributed by atoms with Gasteiger partial charge >= 0.3 is 0 Å². The highest BCUT2D eigenvalue weighted by atomic mass is 35.5. The average molecular weight is 573 g/mol. The molecule has 11 heteroatoms. The van der Waals surface area contributed by atoms with Gasteiger partial charge in [-0.05, 0) is 65.9 Å². The molecule has 0 bridgehead atoms. The van der Waals surface area contributed by atoms with Gasteiger partial charge in [0.25, 0.3) is 11.1 Å². The predicted molar refractivity (Wildman–Crippen MR) is 148 cm³/mol. The van der Waals surface area contributed by atoms with E-state index in [0.717, 1.165) is 22.2 Å². The lowest BCUT2D eigenvalue weighted by molar-refractivity contribution is -0.127. The first-order valence-electron chi connectivity index (χ1n) is 11.2. The number of imide groups is 1. The van der Waals surface area contributed by atoms with E-state index < -0.39 is 23.6 Å². The summed E-state index contributed by atoms with van der Waals surface area (Å²) in [5.74, 6) is 0.196. The molecule has 0 atom stereocenters. The number of hydrogen-bond acceptors (Lipinski definition) is 7. The molecule has 0 aromatic heterocycles. The number of amides is 3. The van der Waals surface area contributed by atoms with E-state index >= 15 is 0 Å². The molecule has 0 saturated carbocycles. The molecule has 38 heavy (non-hydrogen) atoms. The number of carbonyl (C=O) groups is 3. The third-order valence-electron chi connectivity index (χ3n) is 5.43. The Morgan fingerprint density at radius 1 is 1.00 bits per heavy atom. The number of methoxy groups -OCH3 is 2. The van der Waals surface area contributed by atoms with E-state index in [9.17, 15) is 14.4 Å². The Morgan fingerprint density at radius 3 is 2.42 bits per heavy atom. The van der Waals surface area contributed by atoms with Crippen LogP contribution in [0.5, 0.6) is 17.2 Å². The SMILES string of the molecule is COc1ccc(NC(=O)CN2C(=O)S/C(=C/c3cc(Cl)c(OCc4ccccc4Cl)c(OC)c3)C2=O)cc1. The molecule has 3 aromatic carbocycles. The number of ether oxygens (including phenoxy) is 3. The number of thioether (sulfide) groups is 1. The summed E-state index contributed by atoms with van der Waals surface area (Å²) in [5.41, 5.74) is 1.81. The first-order chi connectivity index (χ1) is 18.3. The molecule has 4 rings (SSSR count). The lowest BCUT2D eigenvalue weighted by atomic mass is 10.1. The number of anilines is 1. The molecule has 1 aliphatic heterocycles. The maximum atomic E-state index is 12.9. The second-order valence-corrected chi connectivity index (χ2v) is 9.77. The van der Waals surface area contributed by atoms with Crippen LogP contribution in [0.25, 0.3) is 6.08 Å². The molecule has 1 N–H and O–H groups in total. The topological polar surface area (TPSA) is 94.2 Å². The molecule has 0 aliphatic carbocycles. The number of benzene rings is 3. The number of rotatable bonds is 9. The summed E-state index contributed by atoms with van der Waals surface area (Å²) in [6, 6.07) is 17.2. The van der Waals surface area contributed by atoms with Crippen molar-refractivity contribution >= 4 is 63.8 Å². The molecule has 0 unspecified atom stereocenters. The summed E-state index contributed by atoms with van der Waals surface area (Å²) in [7, 11) is 3.00. The van der Waals surface area contributed by atoms with Gasteiger partial charge in [-0.25, -0.2) is 0 Å². The van der Waals surface area contributed by atoms with Crippen molar-refractivity contribution in [3.8, 4) is 17.2 Å². The minimum Gasteiger partial charge on any atom is -0.497 e. The molecule has 1 fully saturated rings. The predicted octanol–water partition coefficient (Wildman–Crippen LogP) is 6.26. The van der Waals surface area contributed by atoms with E-state index in [1.807, 2.05) is 18.2 Å². The van der Waals surface area contributed by atoms with Crippen LogP contribution in [-0.4, -0.2) is 42.7 Å². The van der Waals surface area contributed by atoms with Crippen LogP contribution in [0, 0.1) is 0 Å². The third kappa shape index (κ3) is 6.42. The highest BCUT2D eigenvalue weighted by Crippen LogP contribution is 2.39. The monoisotopic (exact) mass is 572 g/mol. The van der Waals surface area contributed by atoms with Crippen molar-refractivity contribution in [1.82, 2.24) is 4.90 Å². The second-order valence-electron chi connectivity index (χ2n) is 7.96. The fraction of sp³-hybridized carbons (Fsp3) is 0.148. The number of nitrogens with zero attached hydrogens (tertiary/aromatic N) is 1. The Labute approximate surface area is 233 Å². The van der Waals surface area contributed by atoms with Crippen molar-refractivity contribution in [2.75, 3.05) is 26.1 Å². The van der Waals surface area contributed by atoms with Gasteiger partial charge in [-0.1, -0.05) is 41.4 Å². The van der Waals surface area contributed by atoms with E-state index in [-0.39, 0.29) is 16.5 Å². The Bertz CT molecular complexity index is 1410. The number of hydrogen-bond donors (Lipinski definition) is 1. The maximum Gasteiger partial charge on any atom is 0.294 e. The highest BCUT2D eigenvalue weighted by Gasteiger charge is 2.36. The van der Waals surface area contributed by atoms with Gasteiger partial charge < -0.3 is 19.5 Å². The van der Waals surface area contributed by atoms with Crippen LogP contribution >= 0.6 is 35.0 Å². The minimum atomic E-state index is -0.584. The quantitative estimate of drug-likeness (QED) is 0.302. The van der Waals surface area contributed by atoms with Gasteiger partial charge in [0.1, 0.15) is 18.9 Å². The molecule has 8 nitrogen and oxygen atoms in total. The van der Waals surface area contributed by atoms with Crippen molar-refractivity contribution in [2.24, 2.45) is 0 Å². The first kappa shape index (κ1) is 27.4. The van der Waals surface area contributed by atoms with E-state index in [0.29, 0.717) is 33.5 Å². The Kier molecular flexibility index (Phi) is 8.83. The fourth-order valence-electron chi connectivity index (χ4n) is 3.53. The standard InChI is InChI=1S/C27H22Cl2N2O6S/c1-35-19-9-7-18(8-10-19)30-24(32)14-31-26(33)23(38-27(31)34)13-16-11-21(29)25(22(12-16)36-2)37-15-17-5-3-4-6-20(17)28/h3-13H,14-15H2,1-2H3,(H,30,32)/b23-13+. The fourth-order valence-corrected chi connectivity index (χ4v) is 4.84. The van der Waals surface area contributed by atoms with Gasteiger partial charge in [-0.2, -0.15) is 0 Å². The van der Waals surface area contributed by atoms with Gasteiger partial charge in [-0.15, -0.1) is 0 Å². The van der Waals surface area contributed by atoms with E-state index in [4.69, 9.17) is 37.4 Å². The summed E-state index contributed by atoms with van der Waals surface area (Å²) in [6.07, 6.45) is 1.51. The van der Waals surface area contributed by atoms with Crippen LogP contribution < -0.4 is 19.5 Å². The van der Waals surface area contributed by atoms with Crippen molar-refractivity contribution in [1.29, 1.82) is 0 Å². The van der Waals surface area contributed by atoms with E-state index in [2.05, 4.69) is 5.32 Å². The molecule has 196 valence electrons. The summed E-state index contributed by atoms with van der Waals surface area (Å²) >= 11 is 13.4. The number of nitrogens with one attached hydrogen (secondary N) is 1. The smallest absolute Gasteiger partial charge is 0.294 e. The van der Waals surface area contributed by atoms with Gasteiger partial charge in [0.05, 0.1) is 24.1 Å². The van der Waals surface area contributed by atoms with Crippen LogP contribution in [0.15, 0.2) is 65.6 Å². The molecule has 1 saturated heterocycles. The van der Waals surface area contributed by atoms with Crippen molar-refractivity contribution < 1.29 is 28.6 Å².